The molecule has 0 saturated heterocycles. The molecule has 4 heterocycles. The number of aromatic nitrogens is 6. The van der Waals surface area contributed by atoms with Crippen molar-refractivity contribution in [2.24, 2.45) is 0 Å². The molecule has 1 N–H and O–H groups in total. The summed E-state index contributed by atoms with van der Waals surface area (Å²) in [4.78, 5) is 66.0. The number of ketones is 1. The third kappa shape index (κ3) is 2.42. The van der Waals surface area contributed by atoms with Crippen molar-refractivity contribution in [2.45, 2.75) is 12.3 Å². The first-order chi connectivity index (χ1) is 16.0. The van der Waals surface area contributed by atoms with Crippen LogP contribution in [0.2, 0.25) is 0 Å². The molecule has 0 unspecified atom stereocenters. The molecule has 33 heavy (non-hydrogen) atoms. The predicted molar refractivity (Wildman–Crippen MR) is 115 cm³/mol. The Morgan fingerprint density at radius 3 is 1.88 bits per heavy atom. The van der Waals surface area contributed by atoms with Crippen LogP contribution in [-0.2, 0) is 4.79 Å². The van der Waals surface area contributed by atoms with Crippen molar-refractivity contribution in [3.8, 4) is 11.4 Å². The van der Waals surface area contributed by atoms with Crippen LogP contribution in [0.3, 0.4) is 0 Å². The normalized spacial score (nSPS) is 18.7. The van der Waals surface area contributed by atoms with Gasteiger partial charge >= 0.3 is 22.8 Å². The maximum absolute atomic E-state index is 13.3. The highest BCUT2D eigenvalue weighted by Crippen LogP contribution is 2.31. The number of para-hydroxylation sites is 2. The molecular formula is C21H15N7O5. The van der Waals surface area contributed by atoms with Gasteiger partial charge in [0.15, 0.2) is 6.17 Å². The molecule has 0 saturated carbocycles. The third-order valence-corrected chi connectivity index (χ3v) is 5.73. The summed E-state index contributed by atoms with van der Waals surface area (Å²) in [5.41, 5.74) is -2.24. The van der Waals surface area contributed by atoms with Crippen molar-refractivity contribution in [3.63, 3.8) is 0 Å². The molecule has 2 aromatic heterocycles. The van der Waals surface area contributed by atoms with E-state index in [1.165, 1.54) is 17.2 Å². The molecule has 4 aromatic rings. The Labute approximate surface area is 183 Å². The topological polar surface area (TPSA) is 129 Å². The molecule has 6 rings (SSSR count). The second kappa shape index (κ2) is 6.56. The fourth-order valence-corrected chi connectivity index (χ4v) is 4.35. The summed E-state index contributed by atoms with van der Waals surface area (Å²) in [6.45, 7) is 0. The van der Waals surface area contributed by atoms with E-state index in [2.05, 4.69) is 5.10 Å². The van der Waals surface area contributed by atoms with Gasteiger partial charge in [-0.05, 0) is 36.4 Å². The Balaban J connectivity index is 1.57. The largest absolute Gasteiger partial charge is 0.371 e. The summed E-state index contributed by atoms with van der Waals surface area (Å²) < 4.78 is 3.98. The molecule has 0 fully saturated rings. The van der Waals surface area contributed by atoms with E-state index in [4.69, 9.17) is 0 Å². The molecule has 2 aliphatic heterocycles. The quantitative estimate of drug-likeness (QED) is 0.441. The van der Waals surface area contributed by atoms with Crippen LogP contribution in [0.4, 0.5) is 0 Å². The highest BCUT2D eigenvalue weighted by atomic mass is 16.2. The van der Waals surface area contributed by atoms with E-state index in [1.54, 1.807) is 60.7 Å². The second-order valence-electron chi connectivity index (χ2n) is 7.54. The number of aromatic amines is 1. The van der Waals surface area contributed by atoms with Crippen LogP contribution in [0.5, 0.6) is 0 Å². The molecule has 0 aliphatic carbocycles. The minimum atomic E-state index is -1.33. The van der Waals surface area contributed by atoms with Gasteiger partial charge in [-0.2, -0.15) is 9.36 Å². The number of hydrogen-bond donors (Lipinski definition) is 1. The number of nitrogens with one attached hydrogen (secondary N) is 1. The lowest BCUT2D eigenvalue weighted by Gasteiger charge is -2.29. The Morgan fingerprint density at radius 1 is 0.667 bits per heavy atom. The molecule has 2 atom stereocenters. The summed E-state index contributed by atoms with van der Waals surface area (Å²) in [5, 5.41) is 3.64. The molecule has 12 heteroatoms. The average Bonchev–Trinajstić information content (AvgIpc) is 3.36. The summed E-state index contributed by atoms with van der Waals surface area (Å²) >= 11 is 0. The van der Waals surface area contributed by atoms with Crippen molar-refractivity contribution in [2.75, 3.05) is 5.01 Å². The number of nitrogens with zero attached hydrogens (tertiary/aromatic N) is 6. The molecular weight excluding hydrogens is 430 g/mol. The fourth-order valence-electron chi connectivity index (χ4n) is 4.35. The van der Waals surface area contributed by atoms with Crippen LogP contribution in [0.15, 0.2) is 92.0 Å². The molecule has 2 aromatic carbocycles. The van der Waals surface area contributed by atoms with Crippen molar-refractivity contribution in [1.82, 2.24) is 28.4 Å². The van der Waals surface area contributed by atoms with Gasteiger partial charge < -0.3 is 0 Å². The molecule has 2 aliphatic rings. The molecule has 0 amide bonds. The number of carbonyl (C=O) groups excluding carboxylic acids is 1. The van der Waals surface area contributed by atoms with Crippen molar-refractivity contribution < 1.29 is 4.79 Å². The van der Waals surface area contributed by atoms with Gasteiger partial charge in [-0.25, -0.2) is 38.4 Å². The highest BCUT2D eigenvalue weighted by Gasteiger charge is 2.48. The number of hydrogen-bond acceptors (Lipinski definition) is 6. The average molecular weight is 445 g/mol. The molecule has 0 spiro atoms. The van der Waals surface area contributed by atoms with E-state index in [-0.39, 0.29) is 0 Å². The molecule has 2 bridgehead atoms. The van der Waals surface area contributed by atoms with Gasteiger partial charge in [-0.1, -0.05) is 36.4 Å². The molecule has 12 nitrogen and oxygen atoms in total. The smallest absolute Gasteiger partial charge is 0.290 e. The Bertz CT molecular complexity index is 1680. The third-order valence-electron chi connectivity index (χ3n) is 5.73. The van der Waals surface area contributed by atoms with Crippen LogP contribution >= 0.6 is 0 Å². The first-order valence-electron chi connectivity index (χ1n) is 10.0. The predicted octanol–water partition coefficient (Wildman–Crippen LogP) is -0.771. The van der Waals surface area contributed by atoms with Crippen molar-refractivity contribution in [1.29, 1.82) is 0 Å². The van der Waals surface area contributed by atoms with Crippen molar-refractivity contribution >= 4 is 5.78 Å². The fraction of sp³-hybridized carbons (Fsp3) is 0.0952. The highest BCUT2D eigenvalue weighted by molar-refractivity contribution is 5.95. The molecule has 0 radical (unpaired) electrons. The summed E-state index contributed by atoms with van der Waals surface area (Å²) in [6.07, 6.45) is 0.348. The zero-order valence-electron chi connectivity index (χ0n) is 16.8. The van der Waals surface area contributed by atoms with Crippen molar-refractivity contribution in [3.05, 3.63) is 115 Å². The summed E-state index contributed by atoms with van der Waals surface area (Å²) in [5.74, 6) is -0.523. The Kier molecular flexibility index (Phi) is 3.75. The van der Waals surface area contributed by atoms with Gasteiger partial charge in [0, 0.05) is 0 Å². The number of rotatable bonds is 3. The zero-order chi connectivity index (χ0) is 22.9. The Hall–Kier alpha value is -4.87. The first kappa shape index (κ1) is 18.9. The second-order valence-corrected chi connectivity index (χ2v) is 7.54. The monoisotopic (exact) mass is 445 g/mol. The Morgan fingerprint density at radius 2 is 1.24 bits per heavy atom. The van der Waals surface area contributed by atoms with Gasteiger partial charge in [0.1, 0.15) is 0 Å². The van der Waals surface area contributed by atoms with Gasteiger partial charge in [-0.3, -0.25) is 4.79 Å². The summed E-state index contributed by atoms with van der Waals surface area (Å²) in [7, 11) is 0. The maximum Gasteiger partial charge on any atom is 0.371 e. The van der Waals surface area contributed by atoms with Crippen LogP contribution in [0.1, 0.15) is 12.3 Å². The minimum absolute atomic E-state index is 0.330. The number of fused-ring (bicyclic) bond motifs is 5. The minimum Gasteiger partial charge on any atom is -0.290 e. The van der Waals surface area contributed by atoms with Gasteiger partial charge in [0.05, 0.1) is 11.4 Å². The number of benzene rings is 2. The summed E-state index contributed by atoms with van der Waals surface area (Å²) in [6, 6.07) is 16.6. The van der Waals surface area contributed by atoms with Gasteiger partial charge in [-0.15, -0.1) is 4.79 Å². The zero-order valence-corrected chi connectivity index (χ0v) is 16.8. The van der Waals surface area contributed by atoms with Gasteiger partial charge in [0.2, 0.25) is 11.9 Å². The number of carbonyl (C=O) groups is 1. The van der Waals surface area contributed by atoms with E-state index < -0.39 is 40.9 Å². The van der Waals surface area contributed by atoms with E-state index >= 15 is 0 Å². The van der Waals surface area contributed by atoms with Crippen LogP contribution < -0.4 is 27.8 Å². The van der Waals surface area contributed by atoms with Crippen LogP contribution in [0.25, 0.3) is 11.4 Å². The van der Waals surface area contributed by atoms with E-state index in [9.17, 15) is 24.0 Å². The first-order valence-corrected chi connectivity index (χ1v) is 10.0. The SMILES string of the molecule is O=C1C=C[C@H]2N(n3[nH]c(=O)n(-c4ccccc4)c3=O)[C@@H]1n1c(=O)n(-c3ccccc3)c(=O)n12. The lowest BCUT2D eigenvalue weighted by molar-refractivity contribution is -0.118. The van der Waals surface area contributed by atoms with Gasteiger partial charge in [0.25, 0.3) is 0 Å². The number of H-pyrrole nitrogens is 1. The van der Waals surface area contributed by atoms with Crippen LogP contribution in [0, 0.1) is 0 Å². The maximum atomic E-state index is 13.3. The van der Waals surface area contributed by atoms with E-state index in [0.29, 0.717) is 11.4 Å². The van der Waals surface area contributed by atoms with E-state index in [0.717, 1.165) is 23.3 Å². The standard InChI is InChI=1S/C21H15N7O5/c29-15-11-12-16-25(28-21(33)23(18(30)22-28)13-7-3-1-4-8-13)17(15)27-20(32)24(19(31)26(16)27)14-9-5-2-6-10-14/h1-12,16-17H,(H,22,30)/t16-,17+/m0/s1. The lowest BCUT2D eigenvalue weighted by Crippen LogP contribution is -2.51. The van der Waals surface area contributed by atoms with Crippen LogP contribution in [-0.4, -0.2) is 34.2 Å². The molecule has 164 valence electrons. The van der Waals surface area contributed by atoms with E-state index in [1.807, 2.05) is 0 Å². The lowest BCUT2D eigenvalue weighted by atomic mass is 10.2.